The van der Waals surface area contributed by atoms with Crippen molar-refractivity contribution in [1.82, 2.24) is 15.0 Å². The van der Waals surface area contributed by atoms with Crippen molar-refractivity contribution in [2.45, 2.75) is 19.9 Å². The lowest BCUT2D eigenvalue weighted by Crippen LogP contribution is -2.16. The summed E-state index contributed by atoms with van der Waals surface area (Å²) in [6.45, 7) is 2.38. The molecule has 0 bridgehead atoms. The van der Waals surface area contributed by atoms with E-state index < -0.39 is 0 Å². The molecule has 0 saturated heterocycles. The van der Waals surface area contributed by atoms with Crippen LogP contribution in [0, 0.1) is 6.92 Å². The summed E-state index contributed by atoms with van der Waals surface area (Å²) < 4.78 is 2.49. The van der Waals surface area contributed by atoms with Crippen molar-refractivity contribution in [2.75, 3.05) is 11.1 Å². The van der Waals surface area contributed by atoms with Gasteiger partial charge in [-0.2, -0.15) is 0 Å². The van der Waals surface area contributed by atoms with Gasteiger partial charge >= 0.3 is 0 Å². The molecule has 0 radical (unpaired) electrons. The molecule has 8 heteroatoms. The molecule has 3 N–H and O–H groups in total. The number of nitrogen functional groups attached to an aromatic ring is 1. The highest BCUT2D eigenvalue weighted by molar-refractivity contribution is 9.10. The van der Waals surface area contributed by atoms with E-state index in [1.807, 2.05) is 13.0 Å². The molecule has 2 rings (SSSR count). The lowest BCUT2D eigenvalue weighted by Gasteiger charge is -2.11. The molecule has 1 heterocycles. The van der Waals surface area contributed by atoms with Crippen LogP contribution >= 0.6 is 28.3 Å². The van der Waals surface area contributed by atoms with Gasteiger partial charge in [-0.1, -0.05) is 21.1 Å². The highest BCUT2D eigenvalue weighted by Crippen LogP contribution is 2.27. The van der Waals surface area contributed by atoms with E-state index in [9.17, 15) is 4.79 Å². The predicted molar refractivity (Wildman–Crippen MR) is 83.8 cm³/mol. The topological polar surface area (TPSA) is 85.8 Å². The standard InChI is InChI=1S/C12H14BrN5O.ClH/c1-8-6-9(13)7-10(12(8)14)16-11(19)2-4-18-5-3-15-17-18;/h3,5-7H,2,4,14H2,1H3,(H,16,19);1H. The average Bonchev–Trinajstić information content (AvgIpc) is 2.86. The SMILES string of the molecule is Cc1cc(Br)cc(NC(=O)CCn2ccnn2)c1N.Cl. The Morgan fingerprint density at radius 2 is 2.25 bits per heavy atom. The maximum Gasteiger partial charge on any atom is 0.226 e. The van der Waals surface area contributed by atoms with Crippen molar-refractivity contribution in [1.29, 1.82) is 0 Å². The minimum atomic E-state index is -0.111. The van der Waals surface area contributed by atoms with Gasteiger partial charge in [0.25, 0.3) is 0 Å². The van der Waals surface area contributed by atoms with Gasteiger partial charge in [0, 0.05) is 17.1 Å². The zero-order valence-electron chi connectivity index (χ0n) is 10.8. The van der Waals surface area contributed by atoms with Crippen LogP contribution in [0.15, 0.2) is 29.0 Å². The first kappa shape index (κ1) is 16.5. The van der Waals surface area contributed by atoms with Crippen LogP contribution in [0.4, 0.5) is 11.4 Å². The van der Waals surface area contributed by atoms with E-state index in [0.717, 1.165) is 10.0 Å². The van der Waals surface area contributed by atoms with E-state index in [1.165, 1.54) is 0 Å². The predicted octanol–water partition coefficient (Wildman–Crippen LogP) is 2.38. The Balaban J connectivity index is 0.00000200. The summed E-state index contributed by atoms with van der Waals surface area (Å²) in [5.41, 5.74) is 8.05. The van der Waals surface area contributed by atoms with Crippen LogP contribution in [0.3, 0.4) is 0 Å². The quantitative estimate of drug-likeness (QED) is 0.820. The third-order valence-corrected chi connectivity index (χ3v) is 3.12. The molecule has 0 aliphatic heterocycles. The van der Waals surface area contributed by atoms with Crippen molar-refractivity contribution in [3.8, 4) is 0 Å². The van der Waals surface area contributed by atoms with E-state index >= 15 is 0 Å². The molecule has 1 aromatic heterocycles. The average molecular weight is 361 g/mol. The zero-order chi connectivity index (χ0) is 13.8. The minimum absolute atomic E-state index is 0. The molecule has 6 nitrogen and oxygen atoms in total. The molecule has 20 heavy (non-hydrogen) atoms. The summed E-state index contributed by atoms with van der Waals surface area (Å²) in [6, 6.07) is 3.69. The first-order valence-corrected chi connectivity index (χ1v) is 6.55. The van der Waals surface area contributed by atoms with Gasteiger partial charge in [-0.25, -0.2) is 0 Å². The fraction of sp³-hybridized carbons (Fsp3) is 0.250. The minimum Gasteiger partial charge on any atom is -0.397 e. The Morgan fingerprint density at radius 3 is 2.90 bits per heavy atom. The van der Waals surface area contributed by atoms with E-state index in [0.29, 0.717) is 24.3 Å². The highest BCUT2D eigenvalue weighted by Gasteiger charge is 2.08. The smallest absolute Gasteiger partial charge is 0.226 e. The Bertz CT molecular complexity index is 588. The van der Waals surface area contributed by atoms with E-state index in [1.54, 1.807) is 23.1 Å². The van der Waals surface area contributed by atoms with Crippen LogP contribution in [0.1, 0.15) is 12.0 Å². The van der Waals surface area contributed by atoms with Gasteiger partial charge in [-0.05, 0) is 24.6 Å². The van der Waals surface area contributed by atoms with Crippen LogP contribution < -0.4 is 11.1 Å². The van der Waals surface area contributed by atoms with E-state index in [2.05, 4.69) is 31.6 Å². The first-order chi connectivity index (χ1) is 9.06. The summed E-state index contributed by atoms with van der Waals surface area (Å²) in [4.78, 5) is 11.8. The number of nitrogens with two attached hydrogens (primary N) is 1. The fourth-order valence-corrected chi connectivity index (χ4v) is 2.21. The Kier molecular flexibility index (Phi) is 5.97. The van der Waals surface area contributed by atoms with Crippen LogP contribution in [0.25, 0.3) is 0 Å². The highest BCUT2D eigenvalue weighted by atomic mass is 79.9. The third-order valence-electron chi connectivity index (χ3n) is 2.67. The number of rotatable bonds is 4. The second-order valence-corrected chi connectivity index (χ2v) is 5.06. The van der Waals surface area contributed by atoms with Gasteiger partial charge in [-0.15, -0.1) is 17.5 Å². The molecule has 1 aromatic carbocycles. The summed E-state index contributed by atoms with van der Waals surface area (Å²) in [5.74, 6) is -0.111. The van der Waals surface area contributed by atoms with Crippen LogP contribution in [-0.4, -0.2) is 20.9 Å². The molecule has 108 valence electrons. The maximum absolute atomic E-state index is 11.8. The number of aromatic nitrogens is 3. The summed E-state index contributed by atoms with van der Waals surface area (Å²) in [7, 11) is 0. The Labute approximate surface area is 131 Å². The number of anilines is 2. The zero-order valence-corrected chi connectivity index (χ0v) is 13.2. The van der Waals surface area contributed by atoms with Gasteiger partial charge in [0.1, 0.15) is 0 Å². The van der Waals surface area contributed by atoms with Gasteiger partial charge in [0.2, 0.25) is 5.91 Å². The molecular weight excluding hydrogens is 346 g/mol. The largest absolute Gasteiger partial charge is 0.397 e. The number of aryl methyl sites for hydroxylation is 2. The number of carbonyl (C=O) groups is 1. The number of nitrogens with one attached hydrogen (secondary N) is 1. The summed E-state index contributed by atoms with van der Waals surface area (Å²) in [5, 5.41) is 10.3. The molecule has 0 fully saturated rings. The monoisotopic (exact) mass is 359 g/mol. The van der Waals surface area contributed by atoms with Crippen LogP contribution in [-0.2, 0) is 11.3 Å². The third kappa shape index (κ3) is 4.21. The van der Waals surface area contributed by atoms with Gasteiger partial charge < -0.3 is 11.1 Å². The van der Waals surface area contributed by atoms with Gasteiger partial charge in [-0.3, -0.25) is 9.48 Å². The summed E-state index contributed by atoms with van der Waals surface area (Å²) in [6.07, 6.45) is 3.60. The molecule has 0 atom stereocenters. The molecule has 0 unspecified atom stereocenters. The number of hydrogen-bond donors (Lipinski definition) is 2. The van der Waals surface area contributed by atoms with Crippen LogP contribution in [0.2, 0.25) is 0 Å². The Morgan fingerprint density at radius 1 is 1.50 bits per heavy atom. The molecule has 0 spiro atoms. The van der Waals surface area contributed by atoms with E-state index in [4.69, 9.17) is 5.73 Å². The number of benzene rings is 1. The van der Waals surface area contributed by atoms with Gasteiger partial charge in [0.05, 0.1) is 24.1 Å². The number of halogens is 2. The summed E-state index contributed by atoms with van der Waals surface area (Å²) >= 11 is 3.38. The first-order valence-electron chi connectivity index (χ1n) is 5.76. The number of nitrogens with zero attached hydrogens (tertiary/aromatic N) is 3. The molecule has 2 aromatic rings. The Hall–Kier alpha value is -1.60. The molecule has 0 aliphatic rings. The molecule has 0 saturated carbocycles. The van der Waals surface area contributed by atoms with Crippen molar-refractivity contribution < 1.29 is 4.79 Å². The number of carbonyl (C=O) groups excluding carboxylic acids is 1. The molecule has 1 amide bonds. The van der Waals surface area contributed by atoms with Crippen molar-refractivity contribution >= 4 is 45.6 Å². The van der Waals surface area contributed by atoms with Crippen LogP contribution in [0.5, 0.6) is 0 Å². The number of hydrogen-bond acceptors (Lipinski definition) is 4. The second kappa shape index (κ2) is 7.25. The van der Waals surface area contributed by atoms with Crippen molar-refractivity contribution in [3.05, 3.63) is 34.6 Å². The lowest BCUT2D eigenvalue weighted by molar-refractivity contribution is -0.116. The maximum atomic E-state index is 11.8. The normalized spacial score (nSPS) is 9.90. The van der Waals surface area contributed by atoms with Gasteiger partial charge in [0.15, 0.2) is 0 Å². The lowest BCUT2D eigenvalue weighted by atomic mass is 10.1. The number of amides is 1. The van der Waals surface area contributed by atoms with Crippen molar-refractivity contribution in [2.24, 2.45) is 0 Å². The molecular formula is C12H15BrClN5O. The second-order valence-electron chi connectivity index (χ2n) is 4.15. The molecule has 0 aliphatic carbocycles. The van der Waals surface area contributed by atoms with Crippen molar-refractivity contribution in [3.63, 3.8) is 0 Å². The fourth-order valence-electron chi connectivity index (χ4n) is 1.64. The van der Waals surface area contributed by atoms with E-state index in [-0.39, 0.29) is 18.3 Å².